The lowest BCUT2D eigenvalue weighted by atomic mass is 10.2. The van der Waals surface area contributed by atoms with Gasteiger partial charge in [-0.3, -0.25) is 9.78 Å². The number of amides is 1. The van der Waals surface area contributed by atoms with Gasteiger partial charge >= 0.3 is 5.76 Å². The van der Waals surface area contributed by atoms with Crippen molar-refractivity contribution in [2.24, 2.45) is 0 Å². The van der Waals surface area contributed by atoms with E-state index in [2.05, 4.69) is 10.3 Å². The Kier molecular flexibility index (Phi) is 3.88. The molecule has 3 rings (SSSR count). The molecule has 0 aliphatic heterocycles. The van der Waals surface area contributed by atoms with Crippen molar-refractivity contribution in [1.29, 1.82) is 0 Å². The van der Waals surface area contributed by atoms with Gasteiger partial charge in [0, 0.05) is 29.8 Å². The van der Waals surface area contributed by atoms with Crippen molar-refractivity contribution in [3.8, 4) is 15.4 Å². The lowest BCUT2D eigenvalue weighted by molar-refractivity contribution is -0.119. The van der Waals surface area contributed by atoms with Crippen LogP contribution in [0.15, 0.2) is 52.1 Å². The third-order valence-electron chi connectivity index (χ3n) is 2.98. The van der Waals surface area contributed by atoms with E-state index in [-0.39, 0.29) is 12.5 Å². The maximum absolute atomic E-state index is 11.9. The van der Waals surface area contributed by atoms with Crippen LogP contribution in [0, 0.1) is 0 Å². The van der Waals surface area contributed by atoms with Crippen LogP contribution in [0.4, 0.5) is 0 Å². The van der Waals surface area contributed by atoms with E-state index in [0.29, 0.717) is 5.76 Å². The molecule has 0 aromatic carbocycles. The number of hydrogen-bond acceptors (Lipinski definition) is 5. The number of oxazole rings is 1. The van der Waals surface area contributed by atoms with Crippen molar-refractivity contribution in [3.05, 3.63) is 59.2 Å². The van der Waals surface area contributed by atoms with Gasteiger partial charge in [0.15, 0.2) is 0 Å². The fourth-order valence-corrected chi connectivity index (χ4v) is 2.91. The Labute approximate surface area is 130 Å². The molecule has 0 fully saturated rings. The second-order valence-corrected chi connectivity index (χ2v) is 5.68. The van der Waals surface area contributed by atoms with Crippen LogP contribution in [0.3, 0.4) is 0 Å². The zero-order valence-electron chi connectivity index (χ0n) is 11.8. The summed E-state index contributed by atoms with van der Waals surface area (Å²) in [5.41, 5.74) is 0.994. The maximum atomic E-state index is 11.9. The summed E-state index contributed by atoms with van der Waals surface area (Å²) in [5.74, 6) is -0.234. The van der Waals surface area contributed by atoms with Crippen molar-refractivity contribution < 1.29 is 9.21 Å². The molecule has 7 heteroatoms. The molecular weight excluding hydrogens is 302 g/mol. The second-order valence-electron chi connectivity index (χ2n) is 4.62. The molecule has 1 amide bonds. The molecule has 3 heterocycles. The number of hydrogen-bond donors (Lipinski definition) is 1. The van der Waals surface area contributed by atoms with Gasteiger partial charge in [0.05, 0.1) is 12.7 Å². The van der Waals surface area contributed by atoms with Gasteiger partial charge in [-0.1, -0.05) is 6.07 Å². The van der Waals surface area contributed by atoms with Gasteiger partial charge in [0.2, 0.25) is 5.91 Å². The summed E-state index contributed by atoms with van der Waals surface area (Å²) in [4.78, 5) is 27.9. The highest BCUT2D eigenvalue weighted by Gasteiger charge is 2.11. The van der Waals surface area contributed by atoms with Crippen molar-refractivity contribution in [3.63, 3.8) is 0 Å². The van der Waals surface area contributed by atoms with E-state index in [1.54, 1.807) is 18.6 Å². The van der Waals surface area contributed by atoms with Crippen LogP contribution in [-0.4, -0.2) is 15.5 Å². The van der Waals surface area contributed by atoms with Crippen LogP contribution in [0.5, 0.6) is 0 Å². The first-order chi connectivity index (χ1) is 10.6. The number of carbonyl (C=O) groups is 1. The monoisotopic (exact) mass is 315 g/mol. The lowest BCUT2D eigenvalue weighted by Gasteiger charge is -1.96. The third-order valence-corrected chi connectivity index (χ3v) is 4.11. The van der Waals surface area contributed by atoms with E-state index in [4.69, 9.17) is 4.42 Å². The average Bonchev–Trinajstić information content (AvgIpc) is 3.12. The van der Waals surface area contributed by atoms with Gasteiger partial charge in [0.1, 0.15) is 10.8 Å². The third kappa shape index (κ3) is 2.99. The normalized spacial score (nSPS) is 10.6. The Bertz CT molecular complexity index is 848. The Hall–Kier alpha value is -2.67. The van der Waals surface area contributed by atoms with Gasteiger partial charge < -0.3 is 9.73 Å². The largest absolute Gasteiger partial charge is 0.424 e. The summed E-state index contributed by atoms with van der Waals surface area (Å²) >= 11 is 1.47. The molecule has 0 spiro atoms. The molecule has 0 aliphatic rings. The van der Waals surface area contributed by atoms with E-state index in [9.17, 15) is 9.59 Å². The molecule has 0 bridgehead atoms. The molecule has 0 aliphatic carbocycles. The van der Waals surface area contributed by atoms with Crippen LogP contribution < -0.4 is 11.1 Å². The van der Waals surface area contributed by atoms with Crippen molar-refractivity contribution >= 4 is 17.2 Å². The van der Waals surface area contributed by atoms with E-state index in [1.807, 2.05) is 24.3 Å². The predicted octanol–water partition coefficient (Wildman–Crippen LogP) is 2.19. The van der Waals surface area contributed by atoms with Crippen LogP contribution in [0.25, 0.3) is 15.4 Å². The van der Waals surface area contributed by atoms with E-state index < -0.39 is 5.76 Å². The maximum Gasteiger partial charge on any atom is 0.424 e. The van der Waals surface area contributed by atoms with E-state index in [1.165, 1.54) is 22.8 Å². The first-order valence-corrected chi connectivity index (χ1v) is 7.41. The number of thiophene rings is 1. The van der Waals surface area contributed by atoms with Gasteiger partial charge in [-0.2, -0.15) is 0 Å². The first kappa shape index (κ1) is 14.3. The summed E-state index contributed by atoms with van der Waals surface area (Å²) in [6.45, 7) is 1.60. The van der Waals surface area contributed by atoms with Gasteiger partial charge in [-0.15, -0.1) is 11.3 Å². The zero-order valence-corrected chi connectivity index (χ0v) is 12.6. The minimum Gasteiger partial charge on any atom is -0.411 e. The van der Waals surface area contributed by atoms with Crippen molar-refractivity contribution in [2.45, 2.75) is 13.5 Å². The Balaban J connectivity index is 1.87. The molecule has 0 saturated heterocycles. The minimum absolute atomic E-state index is 0.176. The smallest absolute Gasteiger partial charge is 0.411 e. The zero-order chi connectivity index (χ0) is 15.5. The summed E-state index contributed by atoms with van der Waals surface area (Å²) < 4.78 is 6.55. The number of nitrogens with zero attached hydrogens (tertiary/aromatic N) is 2. The molecule has 3 aromatic rings. The highest BCUT2D eigenvalue weighted by Crippen LogP contribution is 2.29. The fraction of sp³-hybridized carbons (Fsp3) is 0.133. The van der Waals surface area contributed by atoms with Gasteiger partial charge in [-0.05, 0) is 18.2 Å². The summed E-state index contributed by atoms with van der Waals surface area (Å²) in [6, 6.07) is 7.61. The van der Waals surface area contributed by atoms with Crippen molar-refractivity contribution in [2.75, 3.05) is 0 Å². The lowest BCUT2D eigenvalue weighted by Crippen LogP contribution is -2.18. The molecular formula is C15H13N3O3S. The van der Waals surface area contributed by atoms with Crippen LogP contribution in [0.2, 0.25) is 0 Å². The Morgan fingerprint density at radius 2 is 2.27 bits per heavy atom. The molecule has 0 saturated carbocycles. The number of pyridine rings is 1. The summed E-state index contributed by atoms with van der Waals surface area (Å²) in [7, 11) is 0. The molecule has 22 heavy (non-hydrogen) atoms. The SMILES string of the molecule is CC(=O)NCc1cn(-c2ccc(-c3cccnc3)s2)c(=O)o1. The number of rotatable bonds is 4. The number of aromatic nitrogens is 2. The number of carbonyl (C=O) groups excluding carboxylic acids is 1. The van der Waals surface area contributed by atoms with Crippen LogP contribution in [-0.2, 0) is 11.3 Å². The van der Waals surface area contributed by atoms with E-state index in [0.717, 1.165) is 15.4 Å². The molecule has 112 valence electrons. The number of nitrogens with one attached hydrogen (secondary N) is 1. The molecule has 1 N–H and O–H groups in total. The van der Waals surface area contributed by atoms with Gasteiger partial charge in [-0.25, -0.2) is 9.36 Å². The fourth-order valence-electron chi connectivity index (χ4n) is 1.95. The molecule has 3 aromatic heterocycles. The molecule has 0 atom stereocenters. The first-order valence-electron chi connectivity index (χ1n) is 6.60. The predicted molar refractivity (Wildman–Crippen MR) is 82.9 cm³/mol. The van der Waals surface area contributed by atoms with Crippen LogP contribution >= 0.6 is 11.3 Å². The summed E-state index contributed by atoms with van der Waals surface area (Å²) in [6.07, 6.45) is 5.08. The summed E-state index contributed by atoms with van der Waals surface area (Å²) in [5, 5.41) is 3.35. The quantitative estimate of drug-likeness (QED) is 0.800. The molecule has 0 unspecified atom stereocenters. The minimum atomic E-state index is -0.472. The Morgan fingerprint density at radius 1 is 1.41 bits per heavy atom. The Morgan fingerprint density at radius 3 is 3.00 bits per heavy atom. The van der Waals surface area contributed by atoms with Crippen molar-refractivity contribution in [1.82, 2.24) is 14.9 Å². The highest BCUT2D eigenvalue weighted by molar-refractivity contribution is 7.17. The highest BCUT2D eigenvalue weighted by atomic mass is 32.1. The average molecular weight is 315 g/mol. The second kappa shape index (κ2) is 5.98. The standard InChI is InChI=1S/C15H13N3O3S/c1-10(19)17-8-12-9-18(15(20)21-12)14-5-4-13(22-14)11-3-2-6-16-7-11/h2-7,9H,8H2,1H3,(H,17,19). The van der Waals surface area contributed by atoms with Crippen LogP contribution in [0.1, 0.15) is 12.7 Å². The van der Waals surface area contributed by atoms with E-state index >= 15 is 0 Å². The van der Waals surface area contributed by atoms with Gasteiger partial charge in [0.25, 0.3) is 0 Å². The topological polar surface area (TPSA) is 77.1 Å². The molecule has 0 radical (unpaired) electrons. The molecule has 6 nitrogen and oxygen atoms in total.